The lowest BCUT2D eigenvalue weighted by Gasteiger charge is -2.13. The Morgan fingerprint density at radius 1 is 1.39 bits per heavy atom. The van der Waals surface area contributed by atoms with Crippen molar-refractivity contribution in [1.29, 1.82) is 0 Å². The molecule has 0 aliphatic rings. The number of benzene rings is 1. The van der Waals surface area contributed by atoms with Gasteiger partial charge in [-0.3, -0.25) is 4.79 Å². The highest BCUT2D eigenvalue weighted by Crippen LogP contribution is 2.20. The molecular formula is C16H21ClN4O2. The minimum absolute atomic E-state index is 0.103. The Labute approximate surface area is 140 Å². The van der Waals surface area contributed by atoms with E-state index in [1.807, 2.05) is 25.1 Å². The Kier molecular flexibility index (Phi) is 5.74. The van der Waals surface area contributed by atoms with E-state index in [-0.39, 0.29) is 23.8 Å². The van der Waals surface area contributed by atoms with Crippen LogP contribution in [0, 0.1) is 12.8 Å². The number of para-hydroxylation sites is 1. The van der Waals surface area contributed by atoms with Crippen molar-refractivity contribution in [3.63, 3.8) is 0 Å². The van der Waals surface area contributed by atoms with Crippen molar-refractivity contribution in [2.24, 2.45) is 5.92 Å². The third-order valence-corrected chi connectivity index (χ3v) is 3.73. The molecule has 0 fully saturated rings. The number of amides is 1. The van der Waals surface area contributed by atoms with Gasteiger partial charge in [-0.05, 0) is 38.3 Å². The molecule has 2 unspecified atom stereocenters. The van der Waals surface area contributed by atoms with Gasteiger partial charge in [0.15, 0.2) is 0 Å². The number of rotatable bonds is 6. The highest BCUT2D eigenvalue weighted by Gasteiger charge is 2.17. The van der Waals surface area contributed by atoms with E-state index in [0.717, 1.165) is 0 Å². The minimum atomic E-state index is -0.387. The number of nitrogens with zero attached hydrogens (tertiary/aromatic N) is 3. The van der Waals surface area contributed by atoms with Crippen LogP contribution < -0.4 is 5.32 Å². The Bertz CT molecular complexity index is 684. The van der Waals surface area contributed by atoms with Gasteiger partial charge in [-0.15, -0.1) is 5.10 Å². The van der Waals surface area contributed by atoms with Crippen molar-refractivity contribution >= 4 is 17.5 Å². The van der Waals surface area contributed by atoms with Gasteiger partial charge in [0.05, 0.1) is 16.8 Å². The van der Waals surface area contributed by atoms with Gasteiger partial charge in [-0.25, -0.2) is 9.67 Å². The molecule has 0 bridgehead atoms. The Morgan fingerprint density at radius 2 is 2.09 bits per heavy atom. The molecule has 2 atom stereocenters. The average Bonchev–Trinajstić information content (AvgIpc) is 2.86. The molecule has 2 rings (SSSR count). The number of halogens is 1. The maximum Gasteiger partial charge on any atom is 0.290 e. The van der Waals surface area contributed by atoms with E-state index in [1.165, 1.54) is 0 Å². The van der Waals surface area contributed by atoms with Crippen LogP contribution >= 0.6 is 11.6 Å². The molecule has 6 nitrogen and oxygen atoms in total. The van der Waals surface area contributed by atoms with E-state index < -0.39 is 0 Å². The molecule has 0 radical (unpaired) electrons. The lowest BCUT2D eigenvalue weighted by atomic mass is 10.0. The molecule has 0 saturated heterocycles. The summed E-state index contributed by atoms with van der Waals surface area (Å²) in [6.07, 6.45) is 0.238. The predicted molar refractivity (Wildman–Crippen MR) is 88.9 cm³/mol. The van der Waals surface area contributed by atoms with Crippen molar-refractivity contribution in [1.82, 2.24) is 20.1 Å². The van der Waals surface area contributed by atoms with Gasteiger partial charge in [0, 0.05) is 6.54 Å². The standard InChI is InChI=1S/C16H21ClN4O2/c1-10(8-11(2)22)9-18-16(23)15-19-12(3)21(20-15)14-7-5-4-6-13(14)17/h4-7,10-11,22H,8-9H2,1-3H3,(H,18,23). The van der Waals surface area contributed by atoms with E-state index in [9.17, 15) is 9.90 Å². The Hall–Kier alpha value is -1.92. The number of aliphatic hydroxyl groups is 1. The lowest BCUT2D eigenvalue weighted by molar-refractivity contribution is 0.0929. The number of aryl methyl sites for hydroxylation is 1. The largest absolute Gasteiger partial charge is 0.393 e. The van der Waals surface area contributed by atoms with E-state index in [0.29, 0.717) is 29.5 Å². The fourth-order valence-corrected chi connectivity index (χ4v) is 2.57. The summed E-state index contributed by atoms with van der Waals surface area (Å²) in [5.74, 6) is 0.522. The van der Waals surface area contributed by atoms with E-state index in [4.69, 9.17) is 11.6 Å². The molecule has 1 amide bonds. The summed E-state index contributed by atoms with van der Waals surface area (Å²) in [5, 5.41) is 16.9. The highest BCUT2D eigenvalue weighted by atomic mass is 35.5. The van der Waals surface area contributed by atoms with Crippen LogP contribution in [0.3, 0.4) is 0 Å². The van der Waals surface area contributed by atoms with Crippen molar-refractivity contribution < 1.29 is 9.90 Å². The number of hydrogen-bond donors (Lipinski definition) is 2. The highest BCUT2D eigenvalue weighted by molar-refractivity contribution is 6.32. The fraction of sp³-hybridized carbons (Fsp3) is 0.438. The summed E-state index contributed by atoms with van der Waals surface area (Å²) in [5.41, 5.74) is 0.681. The molecule has 2 N–H and O–H groups in total. The maximum absolute atomic E-state index is 12.2. The summed E-state index contributed by atoms with van der Waals surface area (Å²) < 4.78 is 1.55. The molecule has 0 spiro atoms. The minimum Gasteiger partial charge on any atom is -0.393 e. The van der Waals surface area contributed by atoms with Gasteiger partial charge in [-0.1, -0.05) is 30.7 Å². The first-order chi connectivity index (χ1) is 10.9. The zero-order valence-electron chi connectivity index (χ0n) is 13.5. The number of carbonyl (C=O) groups is 1. The Morgan fingerprint density at radius 3 is 2.74 bits per heavy atom. The topological polar surface area (TPSA) is 80.0 Å². The molecule has 0 saturated carbocycles. The van der Waals surface area contributed by atoms with Crippen molar-refractivity contribution in [2.45, 2.75) is 33.3 Å². The smallest absolute Gasteiger partial charge is 0.290 e. The van der Waals surface area contributed by atoms with E-state index in [1.54, 1.807) is 24.6 Å². The number of aliphatic hydroxyl groups excluding tert-OH is 1. The van der Waals surface area contributed by atoms with Crippen molar-refractivity contribution in [2.75, 3.05) is 6.54 Å². The van der Waals surface area contributed by atoms with Crippen LogP contribution in [0.25, 0.3) is 5.69 Å². The van der Waals surface area contributed by atoms with Crippen molar-refractivity contribution in [3.8, 4) is 5.69 Å². The van der Waals surface area contributed by atoms with Gasteiger partial charge in [0.2, 0.25) is 5.82 Å². The first-order valence-electron chi connectivity index (χ1n) is 7.53. The molecule has 1 aromatic carbocycles. The first-order valence-corrected chi connectivity index (χ1v) is 7.91. The molecule has 0 aliphatic heterocycles. The first kappa shape index (κ1) is 17.4. The molecule has 7 heteroatoms. The SMILES string of the molecule is Cc1nc(C(=O)NCC(C)CC(C)O)nn1-c1ccccc1Cl. The number of carbonyl (C=O) groups excluding carboxylic acids is 1. The van der Waals surface area contributed by atoms with Crippen molar-refractivity contribution in [3.05, 3.63) is 40.9 Å². The second-order valence-corrected chi connectivity index (χ2v) is 6.15. The summed E-state index contributed by atoms with van der Waals surface area (Å²) in [4.78, 5) is 16.4. The van der Waals surface area contributed by atoms with Crippen LogP contribution in [0.1, 0.15) is 36.7 Å². The summed E-state index contributed by atoms with van der Waals surface area (Å²) in [6.45, 7) is 5.93. The third-order valence-electron chi connectivity index (χ3n) is 3.41. The summed E-state index contributed by atoms with van der Waals surface area (Å²) in [6, 6.07) is 7.25. The molecule has 124 valence electrons. The van der Waals surface area contributed by atoms with Gasteiger partial charge in [0.25, 0.3) is 5.91 Å². The second-order valence-electron chi connectivity index (χ2n) is 5.75. The second kappa shape index (κ2) is 7.57. The maximum atomic E-state index is 12.2. The average molecular weight is 337 g/mol. The van der Waals surface area contributed by atoms with Gasteiger partial charge in [0.1, 0.15) is 5.82 Å². The van der Waals surface area contributed by atoms with Crippen LogP contribution in [0.15, 0.2) is 24.3 Å². The van der Waals surface area contributed by atoms with Gasteiger partial charge >= 0.3 is 0 Å². The van der Waals surface area contributed by atoms with Gasteiger partial charge in [-0.2, -0.15) is 0 Å². The fourth-order valence-electron chi connectivity index (χ4n) is 2.35. The van der Waals surface area contributed by atoms with Crippen LogP contribution in [0.5, 0.6) is 0 Å². The quantitative estimate of drug-likeness (QED) is 0.848. The van der Waals surface area contributed by atoms with E-state index in [2.05, 4.69) is 15.4 Å². The zero-order chi connectivity index (χ0) is 17.0. The molecule has 23 heavy (non-hydrogen) atoms. The van der Waals surface area contributed by atoms with Crippen LogP contribution in [-0.2, 0) is 0 Å². The molecule has 2 aromatic rings. The zero-order valence-corrected chi connectivity index (χ0v) is 14.2. The van der Waals surface area contributed by atoms with Gasteiger partial charge < -0.3 is 10.4 Å². The molecular weight excluding hydrogens is 316 g/mol. The number of nitrogens with one attached hydrogen (secondary N) is 1. The monoisotopic (exact) mass is 336 g/mol. The van der Waals surface area contributed by atoms with Crippen LogP contribution in [-0.4, -0.2) is 38.4 Å². The molecule has 0 aliphatic carbocycles. The van der Waals surface area contributed by atoms with Crippen LogP contribution in [0.4, 0.5) is 0 Å². The normalized spacial score (nSPS) is 13.6. The number of aromatic nitrogens is 3. The number of hydrogen-bond acceptors (Lipinski definition) is 4. The summed E-state index contributed by atoms with van der Waals surface area (Å²) >= 11 is 6.16. The van der Waals surface area contributed by atoms with Crippen LogP contribution in [0.2, 0.25) is 5.02 Å². The Balaban J connectivity index is 2.09. The lowest BCUT2D eigenvalue weighted by Crippen LogP contribution is -2.30. The summed E-state index contributed by atoms with van der Waals surface area (Å²) in [7, 11) is 0. The van der Waals surface area contributed by atoms with E-state index >= 15 is 0 Å². The third kappa shape index (κ3) is 4.53. The molecule has 1 aromatic heterocycles. The molecule has 1 heterocycles. The predicted octanol–water partition coefficient (Wildman–Crippen LogP) is 2.37.